The summed E-state index contributed by atoms with van der Waals surface area (Å²) in [7, 11) is -4.82. The van der Waals surface area contributed by atoms with Crippen molar-refractivity contribution in [3.63, 3.8) is 0 Å². The average Bonchev–Trinajstić information content (AvgIpc) is 2.10. The van der Waals surface area contributed by atoms with Crippen LogP contribution in [0.15, 0.2) is 18.2 Å². The number of benzene rings is 1. The number of anilines is 2. The molecule has 0 saturated carbocycles. The van der Waals surface area contributed by atoms with Gasteiger partial charge in [0, 0.05) is 6.07 Å². The van der Waals surface area contributed by atoms with Crippen LogP contribution in [0, 0.1) is 5.82 Å². The Hall–Kier alpha value is -1.44. The van der Waals surface area contributed by atoms with Gasteiger partial charge in [-0.2, -0.15) is 8.78 Å². The standard InChI is InChI=1S/C7H7F3N2O2S/c8-4-1-2-5(11)6(3-4)12-15(13,14)7(9)10/h1-3,7,12H,11H2. The van der Waals surface area contributed by atoms with Gasteiger partial charge in [-0.1, -0.05) is 0 Å². The quantitative estimate of drug-likeness (QED) is 0.784. The maximum Gasteiger partial charge on any atom is 0.355 e. The van der Waals surface area contributed by atoms with Crippen LogP contribution in [0.3, 0.4) is 0 Å². The van der Waals surface area contributed by atoms with Gasteiger partial charge < -0.3 is 5.73 Å². The summed E-state index contributed by atoms with van der Waals surface area (Å²) in [4.78, 5) is 0. The highest BCUT2D eigenvalue weighted by Crippen LogP contribution is 2.22. The van der Waals surface area contributed by atoms with Gasteiger partial charge in [0.2, 0.25) is 0 Å². The van der Waals surface area contributed by atoms with Crippen molar-refractivity contribution < 1.29 is 21.6 Å². The Labute approximate surface area is 83.9 Å². The van der Waals surface area contributed by atoms with E-state index >= 15 is 0 Å². The number of alkyl halides is 2. The van der Waals surface area contributed by atoms with Gasteiger partial charge in [-0.05, 0) is 12.1 Å². The first kappa shape index (κ1) is 11.6. The number of halogens is 3. The zero-order valence-corrected chi connectivity index (χ0v) is 8.06. The van der Waals surface area contributed by atoms with Gasteiger partial charge in [0.05, 0.1) is 11.4 Å². The number of hydrogen-bond donors (Lipinski definition) is 2. The van der Waals surface area contributed by atoms with E-state index < -0.39 is 27.3 Å². The lowest BCUT2D eigenvalue weighted by Gasteiger charge is -2.09. The third-order valence-corrected chi connectivity index (χ3v) is 2.48. The van der Waals surface area contributed by atoms with E-state index in [4.69, 9.17) is 5.73 Å². The average molecular weight is 240 g/mol. The number of sulfonamides is 1. The van der Waals surface area contributed by atoms with Gasteiger partial charge in [0.15, 0.2) is 0 Å². The molecule has 0 aliphatic heterocycles. The lowest BCUT2D eigenvalue weighted by atomic mass is 10.3. The Balaban J connectivity index is 3.05. The summed E-state index contributed by atoms with van der Waals surface area (Å²) in [5.74, 6) is -4.38. The third-order valence-electron chi connectivity index (χ3n) is 1.50. The second-order valence-electron chi connectivity index (χ2n) is 2.64. The highest BCUT2D eigenvalue weighted by molar-refractivity contribution is 7.93. The van der Waals surface area contributed by atoms with E-state index in [-0.39, 0.29) is 5.69 Å². The van der Waals surface area contributed by atoms with E-state index in [1.807, 2.05) is 0 Å². The largest absolute Gasteiger partial charge is 0.397 e. The van der Waals surface area contributed by atoms with E-state index in [0.29, 0.717) is 0 Å². The molecule has 8 heteroatoms. The monoisotopic (exact) mass is 240 g/mol. The summed E-state index contributed by atoms with van der Waals surface area (Å²) in [5, 5.41) is 0. The summed E-state index contributed by atoms with van der Waals surface area (Å²) >= 11 is 0. The van der Waals surface area contributed by atoms with Crippen molar-refractivity contribution in [3.05, 3.63) is 24.0 Å². The van der Waals surface area contributed by atoms with Crippen LogP contribution in [-0.2, 0) is 10.0 Å². The molecule has 0 bridgehead atoms. The fourth-order valence-electron chi connectivity index (χ4n) is 0.815. The van der Waals surface area contributed by atoms with E-state index in [9.17, 15) is 21.6 Å². The van der Waals surface area contributed by atoms with E-state index in [0.717, 1.165) is 18.2 Å². The minimum atomic E-state index is -4.82. The van der Waals surface area contributed by atoms with Crippen LogP contribution in [0.25, 0.3) is 0 Å². The number of hydrogen-bond acceptors (Lipinski definition) is 3. The predicted octanol–water partition coefficient (Wildman–Crippen LogP) is 1.37. The van der Waals surface area contributed by atoms with E-state index in [2.05, 4.69) is 0 Å². The smallest absolute Gasteiger partial charge is 0.355 e. The van der Waals surface area contributed by atoms with Crippen molar-refractivity contribution in [1.82, 2.24) is 0 Å². The fraction of sp³-hybridized carbons (Fsp3) is 0.143. The highest BCUT2D eigenvalue weighted by Gasteiger charge is 2.24. The molecule has 4 nitrogen and oxygen atoms in total. The molecule has 0 radical (unpaired) electrons. The molecule has 0 amide bonds. The zero-order chi connectivity index (χ0) is 11.6. The number of nitrogens with one attached hydrogen (secondary N) is 1. The first-order valence-corrected chi connectivity index (χ1v) is 5.22. The predicted molar refractivity (Wildman–Crippen MR) is 49.4 cm³/mol. The van der Waals surface area contributed by atoms with Crippen molar-refractivity contribution >= 4 is 21.4 Å². The Morgan fingerprint density at radius 3 is 2.47 bits per heavy atom. The number of nitrogen functional groups attached to an aromatic ring is 1. The SMILES string of the molecule is Nc1ccc(F)cc1NS(=O)(=O)C(F)F. The molecule has 1 aromatic carbocycles. The molecule has 0 unspecified atom stereocenters. The summed E-state index contributed by atoms with van der Waals surface area (Å²) < 4.78 is 59.5. The Morgan fingerprint density at radius 1 is 1.33 bits per heavy atom. The van der Waals surface area contributed by atoms with Crippen molar-refractivity contribution in [2.45, 2.75) is 5.76 Å². The topological polar surface area (TPSA) is 72.2 Å². The van der Waals surface area contributed by atoms with Gasteiger partial charge in [-0.25, -0.2) is 12.8 Å². The van der Waals surface area contributed by atoms with Crippen LogP contribution in [-0.4, -0.2) is 14.2 Å². The van der Waals surface area contributed by atoms with Gasteiger partial charge >= 0.3 is 5.76 Å². The molecule has 0 saturated heterocycles. The van der Waals surface area contributed by atoms with Crippen molar-refractivity contribution in [3.8, 4) is 0 Å². The van der Waals surface area contributed by atoms with Gasteiger partial charge in [-0.15, -0.1) is 0 Å². The molecule has 1 rings (SSSR count). The summed E-state index contributed by atoms with van der Waals surface area (Å²) in [6.45, 7) is 0. The maximum absolute atomic E-state index is 12.6. The molecule has 0 aliphatic rings. The lowest BCUT2D eigenvalue weighted by molar-refractivity contribution is 0.236. The van der Waals surface area contributed by atoms with Crippen LogP contribution in [0.2, 0.25) is 0 Å². The van der Waals surface area contributed by atoms with E-state index in [1.165, 1.54) is 4.72 Å². The van der Waals surface area contributed by atoms with Gasteiger partial charge in [-0.3, -0.25) is 4.72 Å². The summed E-state index contributed by atoms with van der Waals surface area (Å²) in [5.41, 5.74) is 4.71. The molecule has 1 aromatic rings. The van der Waals surface area contributed by atoms with Gasteiger partial charge in [0.25, 0.3) is 10.0 Å². The van der Waals surface area contributed by atoms with Crippen molar-refractivity contribution in [1.29, 1.82) is 0 Å². The molecular weight excluding hydrogens is 233 g/mol. The Kier molecular flexibility index (Phi) is 3.08. The van der Waals surface area contributed by atoms with Crippen LogP contribution < -0.4 is 10.5 Å². The summed E-state index contributed by atoms with van der Waals surface area (Å²) in [6.07, 6.45) is 0. The molecule has 0 aromatic heterocycles. The number of nitrogens with two attached hydrogens (primary N) is 1. The molecule has 0 spiro atoms. The fourth-order valence-corrected chi connectivity index (χ4v) is 1.39. The molecule has 84 valence electrons. The maximum atomic E-state index is 12.6. The third kappa shape index (κ3) is 2.75. The molecule has 0 aliphatic carbocycles. The van der Waals surface area contributed by atoms with Crippen LogP contribution in [0.4, 0.5) is 24.5 Å². The zero-order valence-electron chi connectivity index (χ0n) is 7.25. The minimum absolute atomic E-state index is 0.138. The van der Waals surface area contributed by atoms with Crippen molar-refractivity contribution in [2.75, 3.05) is 10.5 Å². The Morgan fingerprint density at radius 2 is 1.93 bits per heavy atom. The van der Waals surface area contributed by atoms with Crippen LogP contribution >= 0.6 is 0 Å². The first-order chi connectivity index (χ1) is 6.83. The second-order valence-corrected chi connectivity index (χ2v) is 4.29. The molecule has 0 atom stereocenters. The normalized spacial score (nSPS) is 11.7. The second kappa shape index (κ2) is 3.97. The number of rotatable bonds is 3. The summed E-state index contributed by atoms with van der Waals surface area (Å²) in [6, 6.07) is 2.77. The minimum Gasteiger partial charge on any atom is -0.397 e. The lowest BCUT2D eigenvalue weighted by Crippen LogP contribution is -2.21. The van der Waals surface area contributed by atoms with Crippen LogP contribution in [0.1, 0.15) is 0 Å². The molecule has 3 N–H and O–H groups in total. The molecule has 15 heavy (non-hydrogen) atoms. The Bertz CT molecular complexity index is 461. The van der Waals surface area contributed by atoms with Crippen molar-refractivity contribution in [2.24, 2.45) is 0 Å². The van der Waals surface area contributed by atoms with Crippen LogP contribution in [0.5, 0.6) is 0 Å². The van der Waals surface area contributed by atoms with Gasteiger partial charge in [0.1, 0.15) is 5.82 Å². The first-order valence-electron chi connectivity index (χ1n) is 3.68. The molecule has 0 heterocycles. The highest BCUT2D eigenvalue weighted by atomic mass is 32.2. The van der Waals surface area contributed by atoms with E-state index in [1.54, 1.807) is 0 Å². The molecular formula is C7H7F3N2O2S. The molecule has 0 fully saturated rings.